The summed E-state index contributed by atoms with van der Waals surface area (Å²) >= 11 is 0. The van der Waals surface area contributed by atoms with Gasteiger partial charge in [-0.1, -0.05) is 23.4 Å². The highest BCUT2D eigenvalue weighted by Crippen LogP contribution is 2.25. The maximum absolute atomic E-state index is 14.1. The van der Waals surface area contributed by atoms with Crippen LogP contribution >= 0.6 is 0 Å². The number of aromatic nitrogens is 5. The number of rotatable bonds is 4. The molecule has 0 aliphatic rings. The zero-order valence-corrected chi connectivity index (χ0v) is 13.9. The number of anilines is 1. The molecule has 0 amide bonds. The lowest BCUT2D eigenvalue weighted by Gasteiger charge is -2.06. The van der Waals surface area contributed by atoms with Gasteiger partial charge in [0.2, 0.25) is 0 Å². The first kappa shape index (κ1) is 15.9. The van der Waals surface area contributed by atoms with Gasteiger partial charge >= 0.3 is 0 Å². The molecular formula is C18H15FN6O. The highest BCUT2D eigenvalue weighted by Gasteiger charge is 2.17. The molecule has 0 bridgehead atoms. The highest BCUT2D eigenvalue weighted by molar-refractivity contribution is 5.63. The second-order valence-corrected chi connectivity index (χ2v) is 5.81. The first-order chi connectivity index (χ1) is 12.6. The summed E-state index contributed by atoms with van der Waals surface area (Å²) in [6.07, 6.45) is 1.47. The number of benzene rings is 1. The molecule has 2 N–H and O–H groups in total. The van der Waals surface area contributed by atoms with Crippen molar-refractivity contribution in [2.75, 3.05) is 5.73 Å². The Morgan fingerprint density at radius 3 is 2.69 bits per heavy atom. The Bertz CT molecular complexity index is 1040. The lowest BCUT2D eigenvalue weighted by atomic mass is 10.2. The lowest BCUT2D eigenvalue weighted by Crippen LogP contribution is -2.06. The standard InChI is InChI=1S/C18H15FN6O/c1-11-8-17(20)22-18(21-11)15-9-16(14-6-7-26-24-14)25(23-15)10-12-4-2-3-5-13(12)19/h2-9H,10H2,1H3,(H2,20,21,22). The number of halogens is 1. The fraction of sp³-hybridized carbons (Fsp3) is 0.111. The number of hydrogen-bond acceptors (Lipinski definition) is 6. The molecule has 130 valence electrons. The molecule has 3 heterocycles. The molecule has 0 aliphatic carbocycles. The SMILES string of the molecule is Cc1cc(N)nc(-c2cc(-c3ccon3)n(Cc3ccccc3F)n2)n1. The highest BCUT2D eigenvalue weighted by atomic mass is 19.1. The lowest BCUT2D eigenvalue weighted by molar-refractivity contribution is 0.421. The summed E-state index contributed by atoms with van der Waals surface area (Å²) in [7, 11) is 0. The summed E-state index contributed by atoms with van der Waals surface area (Å²) in [5.41, 5.74) is 8.84. The first-order valence-electron chi connectivity index (χ1n) is 7.94. The van der Waals surface area contributed by atoms with Crippen LogP contribution in [0.5, 0.6) is 0 Å². The minimum Gasteiger partial charge on any atom is -0.384 e. The molecule has 7 nitrogen and oxygen atoms in total. The second kappa shape index (κ2) is 6.40. The van der Waals surface area contributed by atoms with Crippen molar-refractivity contribution >= 4 is 5.82 Å². The van der Waals surface area contributed by atoms with Gasteiger partial charge in [0.15, 0.2) is 5.82 Å². The van der Waals surface area contributed by atoms with Gasteiger partial charge in [0, 0.05) is 23.4 Å². The van der Waals surface area contributed by atoms with Gasteiger partial charge < -0.3 is 10.3 Å². The van der Waals surface area contributed by atoms with E-state index in [1.54, 1.807) is 41.1 Å². The summed E-state index contributed by atoms with van der Waals surface area (Å²) in [6.45, 7) is 2.06. The normalized spacial score (nSPS) is 11.0. The molecular weight excluding hydrogens is 335 g/mol. The van der Waals surface area contributed by atoms with Crippen LogP contribution in [0.3, 0.4) is 0 Å². The summed E-state index contributed by atoms with van der Waals surface area (Å²) in [4.78, 5) is 8.62. The molecule has 0 fully saturated rings. The van der Waals surface area contributed by atoms with E-state index in [2.05, 4.69) is 20.2 Å². The van der Waals surface area contributed by atoms with Gasteiger partial charge in [-0.25, -0.2) is 14.4 Å². The molecule has 3 aromatic heterocycles. The van der Waals surface area contributed by atoms with Crippen molar-refractivity contribution in [2.24, 2.45) is 0 Å². The maximum Gasteiger partial charge on any atom is 0.182 e. The van der Waals surface area contributed by atoms with Crippen LogP contribution < -0.4 is 5.73 Å². The fourth-order valence-electron chi connectivity index (χ4n) is 2.69. The van der Waals surface area contributed by atoms with Gasteiger partial charge in [-0.15, -0.1) is 0 Å². The predicted octanol–water partition coefficient (Wildman–Crippen LogP) is 3.07. The van der Waals surface area contributed by atoms with E-state index in [1.165, 1.54) is 12.3 Å². The van der Waals surface area contributed by atoms with E-state index in [-0.39, 0.29) is 12.4 Å². The molecule has 0 atom stereocenters. The molecule has 0 saturated carbocycles. The van der Waals surface area contributed by atoms with Crippen LogP contribution in [0.4, 0.5) is 10.2 Å². The molecule has 1 aromatic carbocycles. The van der Waals surface area contributed by atoms with Gasteiger partial charge in [0.25, 0.3) is 0 Å². The smallest absolute Gasteiger partial charge is 0.182 e. The fourth-order valence-corrected chi connectivity index (χ4v) is 2.69. The number of nitrogens with two attached hydrogens (primary N) is 1. The zero-order valence-electron chi connectivity index (χ0n) is 13.9. The van der Waals surface area contributed by atoms with E-state index < -0.39 is 0 Å². The van der Waals surface area contributed by atoms with Crippen LogP contribution in [-0.4, -0.2) is 24.9 Å². The second-order valence-electron chi connectivity index (χ2n) is 5.81. The average Bonchev–Trinajstić information content (AvgIpc) is 3.25. The quantitative estimate of drug-likeness (QED) is 0.608. The molecule has 0 saturated heterocycles. The van der Waals surface area contributed by atoms with Crippen molar-refractivity contribution in [3.63, 3.8) is 0 Å². The largest absolute Gasteiger partial charge is 0.384 e. The van der Waals surface area contributed by atoms with Crippen molar-refractivity contribution in [1.82, 2.24) is 24.9 Å². The van der Waals surface area contributed by atoms with Crippen LogP contribution in [0.15, 0.2) is 53.3 Å². The van der Waals surface area contributed by atoms with Crippen LogP contribution in [0.1, 0.15) is 11.3 Å². The van der Waals surface area contributed by atoms with Crippen molar-refractivity contribution in [3.8, 4) is 22.9 Å². The monoisotopic (exact) mass is 350 g/mol. The van der Waals surface area contributed by atoms with Crippen molar-refractivity contribution in [3.05, 3.63) is 65.8 Å². The summed E-state index contributed by atoms with van der Waals surface area (Å²) in [6, 6.07) is 11.7. The third-order valence-electron chi connectivity index (χ3n) is 3.86. The van der Waals surface area contributed by atoms with E-state index in [9.17, 15) is 4.39 Å². The maximum atomic E-state index is 14.1. The topological polar surface area (TPSA) is 95.7 Å². The Morgan fingerprint density at radius 1 is 1.12 bits per heavy atom. The van der Waals surface area contributed by atoms with E-state index >= 15 is 0 Å². The molecule has 0 radical (unpaired) electrons. The number of nitrogens with zero attached hydrogens (tertiary/aromatic N) is 5. The Balaban J connectivity index is 1.82. The average molecular weight is 350 g/mol. The molecule has 0 unspecified atom stereocenters. The summed E-state index contributed by atoms with van der Waals surface area (Å²) < 4.78 is 20.6. The molecule has 4 aromatic rings. The van der Waals surface area contributed by atoms with E-state index in [4.69, 9.17) is 10.3 Å². The van der Waals surface area contributed by atoms with Gasteiger partial charge in [-0.3, -0.25) is 4.68 Å². The van der Waals surface area contributed by atoms with Crippen LogP contribution in [0.25, 0.3) is 22.9 Å². The summed E-state index contributed by atoms with van der Waals surface area (Å²) in [5.74, 6) is 0.463. The van der Waals surface area contributed by atoms with Crippen LogP contribution in [-0.2, 0) is 6.54 Å². The minimum absolute atomic E-state index is 0.232. The first-order valence-corrected chi connectivity index (χ1v) is 7.94. The zero-order chi connectivity index (χ0) is 18.1. The molecule has 0 spiro atoms. The van der Waals surface area contributed by atoms with Gasteiger partial charge in [0.05, 0.1) is 12.2 Å². The van der Waals surface area contributed by atoms with Gasteiger partial charge in [-0.05, 0) is 19.1 Å². The van der Waals surface area contributed by atoms with Gasteiger partial charge in [0.1, 0.15) is 29.3 Å². The van der Waals surface area contributed by atoms with Crippen LogP contribution in [0.2, 0.25) is 0 Å². The number of nitrogen functional groups attached to an aromatic ring is 1. The Kier molecular flexibility index (Phi) is 3.92. The Hall–Kier alpha value is -3.55. The minimum atomic E-state index is -0.299. The third-order valence-corrected chi connectivity index (χ3v) is 3.86. The van der Waals surface area contributed by atoms with E-state index in [0.717, 1.165) is 5.69 Å². The predicted molar refractivity (Wildman–Crippen MR) is 93.4 cm³/mol. The summed E-state index contributed by atoms with van der Waals surface area (Å²) in [5, 5.41) is 8.50. The van der Waals surface area contributed by atoms with E-state index in [1.807, 2.05) is 6.92 Å². The number of hydrogen-bond donors (Lipinski definition) is 1. The Labute approximate surface area is 148 Å². The third kappa shape index (κ3) is 3.04. The van der Waals surface area contributed by atoms with Gasteiger partial charge in [-0.2, -0.15) is 5.10 Å². The molecule has 26 heavy (non-hydrogen) atoms. The molecule has 0 aliphatic heterocycles. The van der Waals surface area contributed by atoms with Crippen molar-refractivity contribution in [1.29, 1.82) is 0 Å². The van der Waals surface area contributed by atoms with E-state index in [0.29, 0.717) is 34.3 Å². The van der Waals surface area contributed by atoms with Crippen molar-refractivity contribution in [2.45, 2.75) is 13.5 Å². The number of aryl methyl sites for hydroxylation is 1. The van der Waals surface area contributed by atoms with Crippen LogP contribution in [0, 0.1) is 12.7 Å². The van der Waals surface area contributed by atoms with Crippen molar-refractivity contribution < 1.29 is 8.91 Å². The molecule has 8 heteroatoms. The molecule has 4 rings (SSSR count). The Morgan fingerprint density at radius 2 is 1.96 bits per heavy atom.